The Balaban J connectivity index is 2.53. The Morgan fingerprint density at radius 1 is 1.50 bits per heavy atom. The summed E-state index contributed by atoms with van der Waals surface area (Å²) in [5, 5.41) is 2.66. The number of aromatic nitrogens is 1. The average molecular weight is 320 g/mol. The van der Waals surface area contributed by atoms with Crippen LogP contribution >= 0.6 is 11.6 Å². The summed E-state index contributed by atoms with van der Waals surface area (Å²) in [6.45, 7) is 3.85. The first-order valence-corrected chi connectivity index (χ1v) is 8.12. The summed E-state index contributed by atoms with van der Waals surface area (Å²) in [6.07, 6.45) is 2.30. The lowest BCUT2D eigenvalue weighted by molar-refractivity contribution is -0.121. The molecule has 1 rings (SSSR count). The molecule has 0 saturated heterocycles. The number of hydrogen-bond donors (Lipinski definition) is 2. The van der Waals surface area contributed by atoms with Gasteiger partial charge in [-0.05, 0) is 25.5 Å². The van der Waals surface area contributed by atoms with Crippen molar-refractivity contribution in [2.24, 2.45) is 0 Å². The molecule has 0 radical (unpaired) electrons. The Morgan fingerprint density at radius 2 is 2.20 bits per heavy atom. The maximum Gasteiger partial charge on any atom is 0.243 e. The number of hydrogen-bond acceptors (Lipinski definition) is 4. The van der Waals surface area contributed by atoms with Crippen LogP contribution in [0.25, 0.3) is 0 Å². The first kappa shape index (κ1) is 16.9. The van der Waals surface area contributed by atoms with Gasteiger partial charge in [-0.25, -0.2) is 18.1 Å². The minimum Gasteiger partial charge on any atom is -0.354 e. The maximum atomic E-state index is 11.9. The van der Waals surface area contributed by atoms with Gasteiger partial charge in [-0.3, -0.25) is 4.79 Å². The fraction of sp³-hybridized carbons (Fsp3) is 0.500. The predicted octanol–water partition coefficient (Wildman–Crippen LogP) is 1.32. The van der Waals surface area contributed by atoms with E-state index in [0.29, 0.717) is 0 Å². The van der Waals surface area contributed by atoms with Crippen LogP contribution in [0, 0.1) is 0 Å². The Kier molecular flexibility index (Phi) is 6.38. The lowest BCUT2D eigenvalue weighted by atomic mass is 10.2. The summed E-state index contributed by atoms with van der Waals surface area (Å²) in [6, 6.07) is 2.92. The van der Waals surface area contributed by atoms with E-state index in [1.54, 1.807) is 0 Å². The number of carbonyl (C=O) groups excluding carboxylic acids is 1. The second-order valence-electron chi connectivity index (χ2n) is 4.32. The molecule has 1 heterocycles. The molecule has 6 nitrogen and oxygen atoms in total. The molecule has 0 aliphatic rings. The molecule has 1 amide bonds. The average Bonchev–Trinajstić information content (AvgIpc) is 2.38. The maximum absolute atomic E-state index is 11.9. The Bertz CT molecular complexity index is 563. The molecule has 0 bridgehead atoms. The number of nitrogens with zero attached hydrogens (tertiary/aromatic N) is 1. The summed E-state index contributed by atoms with van der Waals surface area (Å²) in [5.41, 5.74) is 0. The Hall–Kier alpha value is -1.18. The van der Waals surface area contributed by atoms with Crippen LogP contribution < -0.4 is 10.0 Å². The van der Waals surface area contributed by atoms with E-state index in [-0.39, 0.29) is 35.0 Å². The molecule has 2 N–H and O–H groups in total. The summed E-state index contributed by atoms with van der Waals surface area (Å²) in [5.74, 6) is -0.195. The Morgan fingerprint density at radius 3 is 2.80 bits per heavy atom. The van der Waals surface area contributed by atoms with Gasteiger partial charge in [0.25, 0.3) is 0 Å². The van der Waals surface area contributed by atoms with E-state index in [0.717, 1.165) is 6.42 Å². The molecular formula is C12H18ClN3O3S. The van der Waals surface area contributed by atoms with Crippen LogP contribution in [-0.4, -0.2) is 31.9 Å². The van der Waals surface area contributed by atoms with E-state index in [4.69, 9.17) is 11.6 Å². The Labute approximate surface area is 124 Å². The summed E-state index contributed by atoms with van der Waals surface area (Å²) < 4.78 is 26.2. The monoisotopic (exact) mass is 319 g/mol. The topological polar surface area (TPSA) is 88.2 Å². The van der Waals surface area contributed by atoms with Crippen LogP contribution in [0.4, 0.5) is 0 Å². The number of sulfonamides is 1. The third-order valence-corrected chi connectivity index (χ3v) is 4.58. The minimum absolute atomic E-state index is 0.00975. The van der Waals surface area contributed by atoms with E-state index in [9.17, 15) is 13.2 Å². The van der Waals surface area contributed by atoms with E-state index in [1.807, 2.05) is 13.8 Å². The van der Waals surface area contributed by atoms with Gasteiger partial charge in [0, 0.05) is 25.2 Å². The van der Waals surface area contributed by atoms with Gasteiger partial charge in [0.2, 0.25) is 15.9 Å². The smallest absolute Gasteiger partial charge is 0.243 e. The highest BCUT2D eigenvalue weighted by atomic mass is 35.5. The SMILES string of the molecule is CCC(C)NC(=O)CCNS(=O)(=O)c1cccnc1Cl. The largest absolute Gasteiger partial charge is 0.354 e. The molecule has 1 aromatic rings. The third-order valence-electron chi connectivity index (χ3n) is 2.68. The number of carbonyl (C=O) groups is 1. The third kappa shape index (κ3) is 5.07. The van der Waals surface area contributed by atoms with Gasteiger partial charge >= 0.3 is 0 Å². The molecule has 0 aliphatic heterocycles. The van der Waals surface area contributed by atoms with Gasteiger partial charge in [0.15, 0.2) is 0 Å². The summed E-state index contributed by atoms with van der Waals surface area (Å²) >= 11 is 5.73. The summed E-state index contributed by atoms with van der Waals surface area (Å²) in [7, 11) is -3.75. The number of halogens is 1. The zero-order valence-corrected chi connectivity index (χ0v) is 13.0. The lowest BCUT2D eigenvalue weighted by Gasteiger charge is -2.11. The molecule has 1 unspecified atom stereocenters. The van der Waals surface area contributed by atoms with Gasteiger partial charge in [-0.2, -0.15) is 0 Å². The molecule has 8 heteroatoms. The normalized spacial score (nSPS) is 12.9. The van der Waals surface area contributed by atoms with Crippen molar-refractivity contribution in [3.63, 3.8) is 0 Å². The van der Waals surface area contributed by atoms with Crippen molar-refractivity contribution >= 4 is 27.5 Å². The van der Waals surface area contributed by atoms with Crippen LogP contribution in [0.1, 0.15) is 26.7 Å². The van der Waals surface area contributed by atoms with Gasteiger partial charge in [0.05, 0.1) is 0 Å². The van der Waals surface area contributed by atoms with Gasteiger partial charge < -0.3 is 5.32 Å². The molecular weight excluding hydrogens is 302 g/mol. The second-order valence-corrected chi connectivity index (χ2v) is 6.41. The van der Waals surface area contributed by atoms with Crippen molar-refractivity contribution in [2.45, 2.75) is 37.6 Å². The van der Waals surface area contributed by atoms with Crippen LogP contribution in [-0.2, 0) is 14.8 Å². The van der Waals surface area contributed by atoms with Gasteiger partial charge in [-0.1, -0.05) is 18.5 Å². The zero-order chi connectivity index (χ0) is 15.2. The fourth-order valence-electron chi connectivity index (χ4n) is 1.40. The molecule has 1 aromatic heterocycles. The summed E-state index contributed by atoms with van der Waals surface area (Å²) in [4.78, 5) is 15.1. The van der Waals surface area contributed by atoms with Crippen LogP contribution in [0.5, 0.6) is 0 Å². The van der Waals surface area contributed by atoms with Crippen LogP contribution in [0.2, 0.25) is 5.15 Å². The predicted molar refractivity (Wildman–Crippen MR) is 76.9 cm³/mol. The number of rotatable bonds is 7. The standard InChI is InChI=1S/C12H18ClN3O3S/c1-3-9(2)16-11(17)6-8-15-20(18,19)10-5-4-7-14-12(10)13/h4-5,7,9,15H,3,6,8H2,1-2H3,(H,16,17). The van der Waals surface area contributed by atoms with E-state index < -0.39 is 10.0 Å². The number of nitrogens with one attached hydrogen (secondary N) is 2. The minimum atomic E-state index is -3.75. The van der Waals surface area contributed by atoms with Gasteiger partial charge in [-0.15, -0.1) is 0 Å². The molecule has 0 saturated carbocycles. The van der Waals surface area contributed by atoms with Crippen molar-refractivity contribution in [1.82, 2.24) is 15.0 Å². The highest BCUT2D eigenvalue weighted by Crippen LogP contribution is 2.17. The second kappa shape index (κ2) is 7.56. The lowest BCUT2D eigenvalue weighted by Crippen LogP contribution is -2.35. The van der Waals surface area contributed by atoms with Gasteiger partial charge in [0.1, 0.15) is 10.0 Å². The first-order valence-electron chi connectivity index (χ1n) is 6.26. The molecule has 112 valence electrons. The molecule has 0 aromatic carbocycles. The van der Waals surface area contributed by atoms with E-state index >= 15 is 0 Å². The van der Waals surface area contributed by atoms with Crippen LogP contribution in [0.3, 0.4) is 0 Å². The highest BCUT2D eigenvalue weighted by molar-refractivity contribution is 7.89. The number of pyridine rings is 1. The molecule has 0 fully saturated rings. The molecule has 20 heavy (non-hydrogen) atoms. The van der Waals surface area contributed by atoms with E-state index in [1.165, 1.54) is 18.3 Å². The van der Waals surface area contributed by atoms with E-state index in [2.05, 4.69) is 15.0 Å². The fourth-order valence-corrected chi connectivity index (χ4v) is 2.88. The number of amides is 1. The van der Waals surface area contributed by atoms with Crippen LogP contribution in [0.15, 0.2) is 23.2 Å². The van der Waals surface area contributed by atoms with Crippen molar-refractivity contribution in [1.29, 1.82) is 0 Å². The first-order chi connectivity index (χ1) is 9.36. The van der Waals surface area contributed by atoms with Crippen molar-refractivity contribution < 1.29 is 13.2 Å². The quantitative estimate of drug-likeness (QED) is 0.742. The van der Waals surface area contributed by atoms with Crippen molar-refractivity contribution in [3.8, 4) is 0 Å². The molecule has 0 spiro atoms. The zero-order valence-electron chi connectivity index (χ0n) is 11.4. The van der Waals surface area contributed by atoms with Crippen molar-refractivity contribution in [3.05, 3.63) is 23.5 Å². The molecule has 1 atom stereocenters. The molecule has 0 aliphatic carbocycles. The highest BCUT2D eigenvalue weighted by Gasteiger charge is 2.18. The van der Waals surface area contributed by atoms with Crippen molar-refractivity contribution in [2.75, 3.05) is 6.54 Å².